The van der Waals surface area contributed by atoms with Gasteiger partial charge in [-0.1, -0.05) is 30.3 Å². The second kappa shape index (κ2) is 7.10. The summed E-state index contributed by atoms with van der Waals surface area (Å²) in [5, 5.41) is 9.49. The van der Waals surface area contributed by atoms with E-state index < -0.39 is 11.9 Å². The zero-order valence-corrected chi connectivity index (χ0v) is 13.1. The smallest absolute Gasteiger partial charge is 0.309 e. The summed E-state index contributed by atoms with van der Waals surface area (Å²) in [6.07, 6.45) is 0.0814. The molecule has 6 heteroatoms. The van der Waals surface area contributed by atoms with Crippen LogP contribution in [-0.4, -0.2) is 66.2 Å². The summed E-state index contributed by atoms with van der Waals surface area (Å²) in [5.41, 5.74) is 0.896. The summed E-state index contributed by atoms with van der Waals surface area (Å²) in [4.78, 5) is 27.9. The number of rotatable bonds is 5. The third-order valence-electron chi connectivity index (χ3n) is 4.65. The molecule has 2 saturated heterocycles. The molecule has 2 fully saturated rings. The van der Waals surface area contributed by atoms with Crippen molar-refractivity contribution in [3.63, 3.8) is 0 Å². The van der Waals surface area contributed by atoms with Crippen molar-refractivity contribution in [2.45, 2.75) is 12.5 Å². The zero-order valence-electron chi connectivity index (χ0n) is 13.1. The van der Waals surface area contributed by atoms with Crippen molar-refractivity contribution >= 4 is 11.9 Å². The van der Waals surface area contributed by atoms with E-state index in [0.717, 1.165) is 25.2 Å². The van der Waals surface area contributed by atoms with Crippen LogP contribution in [0.3, 0.4) is 0 Å². The average Bonchev–Trinajstić information content (AvgIpc) is 2.91. The molecule has 6 nitrogen and oxygen atoms in total. The lowest BCUT2D eigenvalue weighted by molar-refractivity contribution is -0.142. The fourth-order valence-corrected chi connectivity index (χ4v) is 3.41. The van der Waals surface area contributed by atoms with Crippen LogP contribution < -0.4 is 0 Å². The van der Waals surface area contributed by atoms with Gasteiger partial charge >= 0.3 is 5.97 Å². The van der Waals surface area contributed by atoms with Crippen LogP contribution in [0.5, 0.6) is 0 Å². The molecule has 0 radical (unpaired) electrons. The lowest BCUT2D eigenvalue weighted by Gasteiger charge is -2.32. The van der Waals surface area contributed by atoms with Crippen molar-refractivity contribution in [1.82, 2.24) is 9.80 Å². The molecule has 1 amide bonds. The van der Waals surface area contributed by atoms with Gasteiger partial charge in [0.2, 0.25) is 5.91 Å². The Hall–Kier alpha value is -1.92. The van der Waals surface area contributed by atoms with E-state index in [1.807, 2.05) is 30.3 Å². The Balaban J connectivity index is 1.75. The van der Waals surface area contributed by atoms with Crippen LogP contribution in [0.15, 0.2) is 30.3 Å². The normalized spacial score (nSPS) is 25.7. The van der Waals surface area contributed by atoms with Crippen molar-refractivity contribution in [2.24, 2.45) is 5.92 Å². The van der Waals surface area contributed by atoms with Gasteiger partial charge in [0.05, 0.1) is 25.2 Å². The van der Waals surface area contributed by atoms with Crippen LogP contribution >= 0.6 is 0 Å². The quantitative estimate of drug-likeness (QED) is 0.877. The predicted octanol–water partition coefficient (Wildman–Crippen LogP) is 0.993. The minimum absolute atomic E-state index is 0.0699. The molecule has 0 saturated carbocycles. The molecular formula is C17H22N2O4. The van der Waals surface area contributed by atoms with Crippen LogP contribution in [0.4, 0.5) is 0 Å². The molecule has 3 rings (SSSR count). The lowest BCUT2D eigenvalue weighted by atomic mass is 9.94. The predicted molar refractivity (Wildman–Crippen MR) is 83.9 cm³/mol. The Labute approximate surface area is 135 Å². The minimum atomic E-state index is -0.902. The number of carboxylic acids is 1. The van der Waals surface area contributed by atoms with Gasteiger partial charge in [0.1, 0.15) is 0 Å². The maximum atomic E-state index is 12.4. The summed E-state index contributed by atoms with van der Waals surface area (Å²) in [7, 11) is 0. The molecule has 0 bridgehead atoms. The van der Waals surface area contributed by atoms with Crippen molar-refractivity contribution in [1.29, 1.82) is 0 Å². The Morgan fingerprint density at radius 3 is 2.52 bits per heavy atom. The topological polar surface area (TPSA) is 70.1 Å². The number of likely N-dealkylation sites (tertiary alicyclic amines) is 1. The van der Waals surface area contributed by atoms with E-state index in [-0.39, 0.29) is 18.4 Å². The number of hydrogen-bond donors (Lipinski definition) is 1. The molecule has 2 unspecified atom stereocenters. The van der Waals surface area contributed by atoms with Gasteiger partial charge in [0.25, 0.3) is 0 Å². The molecule has 1 N–H and O–H groups in total. The van der Waals surface area contributed by atoms with Gasteiger partial charge in [-0.05, 0) is 5.56 Å². The number of carboxylic acid groups (broad SMARTS) is 1. The van der Waals surface area contributed by atoms with Gasteiger partial charge in [-0.3, -0.25) is 14.5 Å². The third-order valence-corrected chi connectivity index (χ3v) is 4.65. The van der Waals surface area contributed by atoms with Crippen molar-refractivity contribution < 1.29 is 19.4 Å². The second-order valence-electron chi connectivity index (χ2n) is 6.05. The molecule has 2 aliphatic heterocycles. The van der Waals surface area contributed by atoms with E-state index in [1.54, 1.807) is 4.90 Å². The Morgan fingerprint density at radius 1 is 1.17 bits per heavy atom. The van der Waals surface area contributed by atoms with E-state index in [1.165, 1.54) is 0 Å². The molecule has 0 aliphatic carbocycles. The first kappa shape index (κ1) is 16.0. The summed E-state index contributed by atoms with van der Waals surface area (Å²) >= 11 is 0. The van der Waals surface area contributed by atoms with Gasteiger partial charge < -0.3 is 14.7 Å². The highest BCUT2D eigenvalue weighted by molar-refractivity contribution is 5.87. The van der Waals surface area contributed by atoms with Gasteiger partial charge in [-0.15, -0.1) is 0 Å². The number of aliphatic carboxylic acids is 1. The van der Waals surface area contributed by atoms with Crippen LogP contribution in [0, 0.1) is 5.92 Å². The van der Waals surface area contributed by atoms with Gasteiger partial charge in [-0.2, -0.15) is 0 Å². The number of morpholine rings is 1. The second-order valence-corrected chi connectivity index (χ2v) is 6.05. The van der Waals surface area contributed by atoms with E-state index in [4.69, 9.17) is 4.74 Å². The van der Waals surface area contributed by atoms with Gasteiger partial charge in [0, 0.05) is 32.6 Å². The lowest BCUT2D eigenvalue weighted by Crippen LogP contribution is -2.42. The molecule has 1 aromatic rings. The summed E-state index contributed by atoms with van der Waals surface area (Å²) in [6, 6.07) is 9.10. The van der Waals surface area contributed by atoms with Crippen molar-refractivity contribution in [3.8, 4) is 0 Å². The van der Waals surface area contributed by atoms with Crippen molar-refractivity contribution in [2.75, 3.05) is 39.4 Å². The molecule has 1 aromatic carbocycles. The Bertz CT molecular complexity index is 557. The fraction of sp³-hybridized carbons (Fsp3) is 0.529. The first-order chi connectivity index (χ1) is 11.2. The molecule has 2 aliphatic rings. The van der Waals surface area contributed by atoms with Gasteiger partial charge in [-0.25, -0.2) is 0 Å². The van der Waals surface area contributed by atoms with E-state index in [0.29, 0.717) is 19.8 Å². The fourth-order valence-electron chi connectivity index (χ4n) is 3.41. The van der Waals surface area contributed by atoms with E-state index in [2.05, 4.69) is 4.90 Å². The first-order valence-electron chi connectivity index (χ1n) is 8.04. The summed E-state index contributed by atoms with van der Waals surface area (Å²) in [6.45, 7) is 4.47. The molecule has 0 aromatic heterocycles. The van der Waals surface area contributed by atoms with Crippen molar-refractivity contribution in [3.05, 3.63) is 35.9 Å². The SMILES string of the molecule is O=C(O)C1CC(=O)N(CCN2CCOCC2)C1c1ccccc1. The number of nitrogens with zero attached hydrogens (tertiary/aromatic N) is 2. The average molecular weight is 318 g/mol. The highest BCUT2D eigenvalue weighted by atomic mass is 16.5. The number of carbonyl (C=O) groups excluding carboxylic acids is 1. The Morgan fingerprint density at radius 2 is 1.87 bits per heavy atom. The Kier molecular flexibility index (Phi) is 4.93. The molecule has 23 heavy (non-hydrogen) atoms. The number of carbonyl (C=O) groups is 2. The number of benzene rings is 1. The molecule has 0 spiro atoms. The number of amides is 1. The van der Waals surface area contributed by atoms with E-state index >= 15 is 0 Å². The van der Waals surface area contributed by atoms with Crippen LogP contribution in [0.1, 0.15) is 18.0 Å². The highest BCUT2D eigenvalue weighted by Gasteiger charge is 2.44. The number of ether oxygens (including phenoxy) is 1. The zero-order chi connectivity index (χ0) is 16.2. The van der Waals surface area contributed by atoms with Gasteiger partial charge in [0.15, 0.2) is 0 Å². The van der Waals surface area contributed by atoms with Crippen LogP contribution in [-0.2, 0) is 14.3 Å². The number of hydrogen-bond acceptors (Lipinski definition) is 4. The third kappa shape index (κ3) is 3.54. The van der Waals surface area contributed by atoms with Crippen LogP contribution in [0.25, 0.3) is 0 Å². The molecule has 2 heterocycles. The molecular weight excluding hydrogens is 296 g/mol. The molecule has 124 valence electrons. The largest absolute Gasteiger partial charge is 0.481 e. The van der Waals surface area contributed by atoms with Crippen LogP contribution in [0.2, 0.25) is 0 Å². The maximum Gasteiger partial charge on any atom is 0.309 e. The summed E-state index contributed by atoms with van der Waals surface area (Å²) in [5.74, 6) is -1.64. The molecule has 2 atom stereocenters. The first-order valence-corrected chi connectivity index (χ1v) is 8.04. The standard InChI is InChI=1S/C17H22N2O4/c20-15-12-14(17(21)22)16(13-4-2-1-3-5-13)19(15)7-6-18-8-10-23-11-9-18/h1-5,14,16H,6-12H2,(H,21,22). The monoisotopic (exact) mass is 318 g/mol. The summed E-state index contributed by atoms with van der Waals surface area (Å²) < 4.78 is 5.33. The minimum Gasteiger partial charge on any atom is -0.481 e. The maximum absolute atomic E-state index is 12.4. The van der Waals surface area contributed by atoms with E-state index in [9.17, 15) is 14.7 Å². The highest BCUT2D eigenvalue weighted by Crippen LogP contribution is 2.38.